The van der Waals surface area contributed by atoms with Crippen LogP contribution in [0.15, 0.2) is 18.2 Å². The molecule has 20 heavy (non-hydrogen) atoms. The van der Waals surface area contributed by atoms with E-state index in [1.165, 1.54) is 13.8 Å². The molecule has 0 bridgehead atoms. The zero-order valence-corrected chi connectivity index (χ0v) is 12.8. The molecule has 0 spiro atoms. The number of sulfone groups is 1. The Morgan fingerprint density at radius 3 is 2.65 bits per heavy atom. The Bertz CT molecular complexity index is 650. The Kier molecular flexibility index (Phi) is 3.54. The average molecular weight is 296 g/mol. The first-order chi connectivity index (χ1) is 9.13. The SMILES string of the molecule is CC(C)(C(=O)NC1CCc2cc(N)ccc21)S(C)(=O)=O. The molecule has 1 aromatic rings. The van der Waals surface area contributed by atoms with E-state index in [0.29, 0.717) is 5.69 Å². The summed E-state index contributed by atoms with van der Waals surface area (Å²) in [4.78, 5) is 12.2. The number of aryl methyl sites for hydroxylation is 1. The summed E-state index contributed by atoms with van der Waals surface area (Å²) in [6, 6.07) is 5.46. The van der Waals surface area contributed by atoms with E-state index >= 15 is 0 Å². The van der Waals surface area contributed by atoms with E-state index in [1.54, 1.807) is 6.07 Å². The third-order valence-electron chi connectivity index (χ3n) is 4.02. The van der Waals surface area contributed by atoms with Gasteiger partial charge in [0.05, 0.1) is 6.04 Å². The molecule has 1 aliphatic rings. The van der Waals surface area contributed by atoms with Crippen molar-refractivity contribution >= 4 is 21.4 Å². The third kappa shape index (κ3) is 2.52. The van der Waals surface area contributed by atoms with Gasteiger partial charge >= 0.3 is 0 Å². The van der Waals surface area contributed by atoms with Crippen molar-refractivity contribution in [2.75, 3.05) is 12.0 Å². The van der Waals surface area contributed by atoms with Crippen LogP contribution in [0.2, 0.25) is 0 Å². The van der Waals surface area contributed by atoms with Gasteiger partial charge in [-0.1, -0.05) is 6.07 Å². The van der Waals surface area contributed by atoms with Crippen LogP contribution in [0.3, 0.4) is 0 Å². The number of fused-ring (bicyclic) bond motifs is 1. The molecule has 0 radical (unpaired) electrons. The fraction of sp³-hybridized carbons (Fsp3) is 0.500. The van der Waals surface area contributed by atoms with Gasteiger partial charge in [0, 0.05) is 11.9 Å². The fourth-order valence-corrected chi connectivity index (χ4v) is 2.68. The number of rotatable bonds is 3. The van der Waals surface area contributed by atoms with Crippen LogP contribution < -0.4 is 11.1 Å². The number of carbonyl (C=O) groups excluding carboxylic acids is 1. The maximum absolute atomic E-state index is 12.2. The third-order valence-corrected chi connectivity index (χ3v) is 6.06. The van der Waals surface area contributed by atoms with Gasteiger partial charge in [-0.05, 0) is 49.9 Å². The van der Waals surface area contributed by atoms with E-state index in [4.69, 9.17) is 5.73 Å². The van der Waals surface area contributed by atoms with Crippen LogP contribution in [-0.2, 0) is 21.1 Å². The molecule has 0 saturated heterocycles. The molecule has 6 heteroatoms. The molecule has 2 rings (SSSR count). The summed E-state index contributed by atoms with van der Waals surface area (Å²) in [5, 5.41) is 2.84. The predicted octanol–water partition coefficient (Wildman–Crippen LogP) is 1.20. The number of nitrogens with two attached hydrogens (primary N) is 1. The van der Waals surface area contributed by atoms with Gasteiger partial charge in [-0.25, -0.2) is 8.42 Å². The summed E-state index contributed by atoms with van der Waals surface area (Å²) in [5.74, 6) is -0.463. The van der Waals surface area contributed by atoms with Gasteiger partial charge in [-0.2, -0.15) is 0 Å². The minimum absolute atomic E-state index is 0.140. The van der Waals surface area contributed by atoms with Crippen LogP contribution >= 0.6 is 0 Å². The molecule has 1 aromatic carbocycles. The van der Waals surface area contributed by atoms with Gasteiger partial charge in [-0.15, -0.1) is 0 Å². The van der Waals surface area contributed by atoms with Gasteiger partial charge < -0.3 is 11.1 Å². The van der Waals surface area contributed by atoms with Gasteiger partial charge in [0.25, 0.3) is 0 Å². The van der Waals surface area contributed by atoms with Crippen LogP contribution in [0.1, 0.15) is 37.4 Å². The van der Waals surface area contributed by atoms with Gasteiger partial charge in [0.15, 0.2) is 9.84 Å². The lowest BCUT2D eigenvalue weighted by Gasteiger charge is -2.24. The summed E-state index contributed by atoms with van der Waals surface area (Å²) in [6.07, 6.45) is 2.69. The Labute approximate surface area is 119 Å². The molecule has 1 unspecified atom stereocenters. The van der Waals surface area contributed by atoms with Crippen molar-refractivity contribution in [1.82, 2.24) is 5.32 Å². The van der Waals surface area contributed by atoms with Crippen LogP contribution in [0.4, 0.5) is 5.69 Å². The summed E-state index contributed by atoms with van der Waals surface area (Å²) < 4.78 is 21.9. The van der Waals surface area contributed by atoms with E-state index in [1.807, 2.05) is 12.1 Å². The second-order valence-electron chi connectivity index (χ2n) is 5.81. The van der Waals surface area contributed by atoms with Crippen molar-refractivity contribution in [2.24, 2.45) is 0 Å². The quantitative estimate of drug-likeness (QED) is 0.820. The predicted molar refractivity (Wildman–Crippen MR) is 79.0 cm³/mol. The maximum atomic E-state index is 12.2. The van der Waals surface area contributed by atoms with Crippen LogP contribution in [0.25, 0.3) is 0 Å². The van der Waals surface area contributed by atoms with Crippen molar-refractivity contribution in [2.45, 2.75) is 37.5 Å². The van der Waals surface area contributed by atoms with Gasteiger partial charge in [0.2, 0.25) is 5.91 Å². The number of carbonyl (C=O) groups is 1. The highest BCUT2D eigenvalue weighted by Crippen LogP contribution is 2.33. The number of benzene rings is 1. The first-order valence-corrected chi connectivity index (χ1v) is 8.41. The summed E-state index contributed by atoms with van der Waals surface area (Å²) >= 11 is 0. The van der Waals surface area contributed by atoms with Crippen molar-refractivity contribution in [3.8, 4) is 0 Å². The van der Waals surface area contributed by atoms with E-state index in [9.17, 15) is 13.2 Å². The molecule has 0 aromatic heterocycles. The fourth-order valence-electron chi connectivity index (χ4n) is 2.29. The van der Waals surface area contributed by atoms with E-state index in [0.717, 1.165) is 30.2 Å². The lowest BCUT2D eigenvalue weighted by Crippen LogP contribution is -2.48. The molecule has 110 valence electrons. The summed E-state index contributed by atoms with van der Waals surface area (Å²) in [5.41, 5.74) is 8.58. The zero-order chi connectivity index (χ0) is 15.1. The minimum atomic E-state index is -3.46. The highest BCUT2D eigenvalue weighted by Gasteiger charge is 2.40. The van der Waals surface area contributed by atoms with Crippen molar-refractivity contribution in [3.05, 3.63) is 29.3 Å². The van der Waals surface area contributed by atoms with Crippen LogP contribution in [-0.4, -0.2) is 25.3 Å². The first kappa shape index (κ1) is 14.8. The smallest absolute Gasteiger partial charge is 0.241 e. The number of anilines is 1. The van der Waals surface area contributed by atoms with Crippen molar-refractivity contribution in [1.29, 1.82) is 0 Å². The van der Waals surface area contributed by atoms with Crippen LogP contribution in [0, 0.1) is 0 Å². The van der Waals surface area contributed by atoms with Crippen molar-refractivity contribution in [3.63, 3.8) is 0 Å². The molecule has 0 saturated carbocycles. The number of amides is 1. The standard InChI is InChI=1S/C14H20N2O3S/c1-14(2,20(3,18)19)13(17)16-12-7-4-9-8-10(15)5-6-11(9)12/h5-6,8,12H,4,7,15H2,1-3H3,(H,16,17). The molecule has 0 heterocycles. The van der Waals surface area contributed by atoms with Crippen LogP contribution in [0.5, 0.6) is 0 Å². The molecule has 1 atom stereocenters. The largest absolute Gasteiger partial charge is 0.399 e. The second-order valence-corrected chi connectivity index (χ2v) is 8.37. The molecular weight excluding hydrogens is 276 g/mol. The molecule has 1 aliphatic carbocycles. The number of nitrogen functional groups attached to an aromatic ring is 1. The number of hydrogen-bond donors (Lipinski definition) is 2. The molecule has 0 aliphatic heterocycles. The maximum Gasteiger partial charge on any atom is 0.241 e. The highest BCUT2D eigenvalue weighted by molar-refractivity contribution is 7.92. The molecule has 3 N–H and O–H groups in total. The monoisotopic (exact) mass is 296 g/mol. The normalized spacial score (nSPS) is 18.6. The van der Waals surface area contributed by atoms with E-state index in [-0.39, 0.29) is 6.04 Å². The topological polar surface area (TPSA) is 89.3 Å². The van der Waals surface area contributed by atoms with Gasteiger partial charge in [-0.3, -0.25) is 4.79 Å². The van der Waals surface area contributed by atoms with Crippen molar-refractivity contribution < 1.29 is 13.2 Å². The molecule has 0 fully saturated rings. The summed E-state index contributed by atoms with van der Waals surface area (Å²) in [7, 11) is -3.46. The van der Waals surface area contributed by atoms with Gasteiger partial charge in [0.1, 0.15) is 4.75 Å². The Morgan fingerprint density at radius 2 is 2.05 bits per heavy atom. The lowest BCUT2D eigenvalue weighted by molar-refractivity contribution is -0.123. The lowest BCUT2D eigenvalue weighted by atomic mass is 10.1. The first-order valence-electron chi connectivity index (χ1n) is 6.52. The van der Waals surface area contributed by atoms with E-state index in [2.05, 4.69) is 5.32 Å². The Hall–Kier alpha value is -1.56. The highest BCUT2D eigenvalue weighted by atomic mass is 32.2. The average Bonchev–Trinajstić information content (AvgIpc) is 2.70. The molecule has 5 nitrogen and oxygen atoms in total. The minimum Gasteiger partial charge on any atom is -0.399 e. The second kappa shape index (κ2) is 4.77. The summed E-state index contributed by atoms with van der Waals surface area (Å²) in [6.45, 7) is 2.85. The number of nitrogens with one attached hydrogen (secondary N) is 1. The Balaban J connectivity index is 2.20. The Morgan fingerprint density at radius 1 is 1.40 bits per heavy atom. The number of hydrogen-bond acceptors (Lipinski definition) is 4. The molecular formula is C14H20N2O3S. The molecule has 1 amide bonds. The van der Waals surface area contributed by atoms with E-state index < -0.39 is 20.5 Å². The zero-order valence-electron chi connectivity index (χ0n) is 11.9.